The quantitative estimate of drug-likeness (QED) is 0.839. The van der Waals surface area contributed by atoms with Gasteiger partial charge in [0.1, 0.15) is 0 Å². The molecule has 2 rings (SSSR count). The van der Waals surface area contributed by atoms with Crippen LogP contribution in [0.4, 0.5) is 11.4 Å². The van der Waals surface area contributed by atoms with Crippen molar-refractivity contribution >= 4 is 22.1 Å². The number of pyridine rings is 1. The van der Waals surface area contributed by atoms with Crippen LogP contribution in [0.15, 0.2) is 30.6 Å². The number of aromatic nitrogens is 1. The molecule has 0 aliphatic rings. The molecule has 0 fully saturated rings. The topological polar surface area (TPSA) is 51.4 Å². The van der Waals surface area contributed by atoms with Crippen LogP contribution in [-0.4, -0.2) is 31.3 Å². The Morgan fingerprint density at radius 2 is 2.05 bits per heavy atom. The summed E-state index contributed by atoms with van der Waals surface area (Å²) in [4.78, 5) is 6.54. The molecule has 0 saturated carbocycles. The summed E-state index contributed by atoms with van der Waals surface area (Å²) in [7, 11) is 1.72. The lowest BCUT2D eigenvalue weighted by Gasteiger charge is -2.30. The van der Waals surface area contributed by atoms with Gasteiger partial charge in [-0.1, -0.05) is 0 Å². The second kappa shape index (κ2) is 5.89. The molecule has 4 heteroatoms. The SMILES string of the molecule is COCCN(c1ccc(N)c2ccncc12)C(C)C. The lowest BCUT2D eigenvalue weighted by atomic mass is 10.1. The maximum absolute atomic E-state index is 6.03. The molecule has 2 N–H and O–H groups in total. The first kappa shape index (κ1) is 13.6. The van der Waals surface area contributed by atoms with E-state index in [0.29, 0.717) is 12.6 Å². The summed E-state index contributed by atoms with van der Waals surface area (Å²) < 4.78 is 5.20. The van der Waals surface area contributed by atoms with E-state index in [0.717, 1.165) is 28.7 Å². The van der Waals surface area contributed by atoms with Crippen molar-refractivity contribution in [1.82, 2.24) is 4.98 Å². The van der Waals surface area contributed by atoms with Gasteiger partial charge in [0, 0.05) is 54.2 Å². The maximum atomic E-state index is 6.03. The monoisotopic (exact) mass is 259 g/mol. The van der Waals surface area contributed by atoms with E-state index >= 15 is 0 Å². The number of anilines is 2. The van der Waals surface area contributed by atoms with Crippen molar-refractivity contribution in [3.05, 3.63) is 30.6 Å². The molecule has 1 aromatic carbocycles. The second-order valence-corrected chi connectivity index (χ2v) is 4.88. The number of rotatable bonds is 5. The fraction of sp³-hybridized carbons (Fsp3) is 0.400. The van der Waals surface area contributed by atoms with E-state index in [-0.39, 0.29) is 0 Å². The molecular weight excluding hydrogens is 238 g/mol. The Labute approximate surface area is 114 Å². The van der Waals surface area contributed by atoms with Crippen molar-refractivity contribution in [2.75, 3.05) is 30.9 Å². The van der Waals surface area contributed by atoms with E-state index < -0.39 is 0 Å². The van der Waals surface area contributed by atoms with Gasteiger partial charge in [0.15, 0.2) is 0 Å². The minimum absolute atomic E-state index is 0.391. The van der Waals surface area contributed by atoms with Crippen LogP contribution in [0.3, 0.4) is 0 Å². The van der Waals surface area contributed by atoms with Crippen molar-refractivity contribution in [3.8, 4) is 0 Å². The van der Waals surface area contributed by atoms with Gasteiger partial charge in [0.25, 0.3) is 0 Å². The molecular formula is C15H21N3O. The van der Waals surface area contributed by atoms with Crippen molar-refractivity contribution in [2.45, 2.75) is 19.9 Å². The Hall–Kier alpha value is -1.81. The number of fused-ring (bicyclic) bond motifs is 1. The van der Waals surface area contributed by atoms with Crippen LogP contribution in [-0.2, 0) is 4.74 Å². The molecule has 0 unspecified atom stereocenters. The summed E-state index contributed by atoms with van der Waals surface area (Å²) in [5.74, 6) is 0. The molecule has 0 spiro atoms. The predicted octanol–water partition coefficient (Wildman–Crippen LogP) is 2.68. The molecule has 0 aliphatic carbocycles. The molecule has 0 atom stereocenters. The molecule has 1 heterocycles. The number of nitrogens with zero attached hydrogens (tertiary/aromatic N) is 2. The fourth-order valence-corrected chi connectivity index (χ4v) is 2.30. The maximum Gasteiger partial charge on any atom is 0.0637 e. The highest BCUT2D eigenvalue weighted by Crippen LogP contribution is 2.31. The van der Waals surface area contributed by atoms with Gasteiger partial charge < -0.3 is 15.4 Å². The second-order valence-electron chi connectivity index (χ2n) is 4.88. The van der Waals surface area contributed by atoms with Gasteiger partial charge in [-0.2, -0.15) is 0 Å². The average molecular weight is 259 g/mol. The summed E-state index contributed by atoms with van der Waals surface area (Å²) in [6.07, 6.45) is 3.65. The summed E-state index contributed by atoms with van der Waals surface area (Å²) in [5.41, 5.74) is 7.98. The Morgan fingerprint density at radius 3 is 2.74 bits per heavy atom. The van der Waals surface area contributed by atoms with Crippen LogP contribution in [0.2, 0.25) is 0 Å². The van der Waals surface area contributed by atoms with Crippen LogP contribution in [0.1, 0.15) is 13.8 Å². The minimum Gasteiger partial charge on any atom is -0.398 e. The molecule has 1 aromatic heterocycles. The first-order valence-electron chi connectivity index (χ1n) is 6.53. The lowest BCUT2D eigenvalue weighted by Crippen LogP contribution is -2.34. The van der Waals surface area contributed by atoms with Gasteiger partial charge in [-0.25, -0.2) is 0 Å². The van der Waals surface area contributed by atoms with Crippen molar-refractivity contribution in [2.24, 2.45) is 0 Å². The van der Waals surface area contributed by atoms with E-state index in [1.54, 1.807) is 13.3 Å². The van der Waals surface area contributed by atoms with Crippen molar-refractivity contribution in [1.29, 1.82) is 0 Å². The van der Waals surface area contributed by atoms with Crippen LogP contribution in [0, 0.1) is 0 Å². The number of nitrogen functional groups attached to an aromatic ring is 1. The van der Waals surface area contributed by atoms with Gasteiger partial charge in [-0.05, 0) is 32.0 Å². The Balaban J connectivity index is 2.50. The largest absolute Gasteiger partial charge is 0.398 e. The lowest BCUT2D eigenvalue weighted by molar-refractivity contribution is 0.204. The van der Waals surface area contributed by atoms with E-state index in [4.69, 9.17) is 10.5 Å². The Bertz CT molecular complexity index is 554. The fourth-order valence-electron chi connectivity index (χ4n) is 2.30. The zero-order chi connectivity index (χ0) is 13.8. The summed E-state index contributed by atoms with van der Waals surface area (Å²) in [6.45, 7) is 5.90. The molecule has 102 valence electrons. The zero-order valence-electron chi connectivity index (χ0n) is 11.8. The molecule has 2 aromatic rings. The third-order valence-corrected chi connectivity index (χ3v) is 3.30. The molecule has 4 nitrogen and oxygen atoms in total. The first-order valence-corrected chi connectivity index (χ1v) is 6.53. The number of hydrogen-bond donors (Lipinski definition) is 1. The number of nitrogens with two attached hydrogens (primary N) is 1. The van der Waals surface area contributed by atoms with E-state index in [1.807, 2.05) is 18.3 Å². The normalized spacial score (nSPS) is 11.2. The third-order valence-electron chi connectivity index (χ3n) is 3.30. The Morgan fingerprint density at radius 1 is 1.26 bits per heavy atom. The van der Waals surface area contributed by atoms with Gasteiger partial charge in [-0.15, -0.1) is 0 Å². The molecule has 0 saturated heterocycles. The minimum atomic E-state index is 0.391. The molecule has 19 heavy (non-hydrogen) atoms. The van der Waals surface area contributed by atoms with E-state index in [1.165, 1.54) is 0 Å². The third kappa shape index (κ3) is 2.79. The number of methoxy groups -OCH3 is 1. The van der Waals surface area contributed by atoms with Gasteiger partial charge in [0.05, 0.1) is 6.61 Å². The number of hydrogen-bond acceptors (Lipinski definition) is 4. The summed E-state index contributed by atoms with van der Waals surface area (Å²) >= 11 is 0. The predicted molar refractivity (Wildman–Crippen MR) is 80.5 cm³/mol. The summed E-state index contributed by atoms with van der Waals surface area (Å²) in [5, 5.41) is 2.14. The Kier molecular flexibility index (Phi) is 4.22. The smallest absolute Gasteiger partial charge is 0.0637 e. The standard InChI is InChI=1S/C15H21N3O/c1-11(2)18(8-9-19-3)15-5-4-14(16)12-6-7-17-10-13(12)15/h4-7,10-11H,8-9,16H2,1-3H3. The zero-order valence-corrected chi connectivity index (χ0v) is 11.8. The molecule has 0 radical (unpaired) electrons. The average Bonchev–Trinajstić information content (AvgIpc) is 2.41. The highest BCUT2D eigenvalue weighted by molar-refractivity contribution is 6.00. The van der Waals surface area contributed by atoms with Crippen molar-refractivity contribution < 1.29 is 4.74 Å². The van der Waals surface area contributed by atoms with Crippen LogP contribution < -0.4 is 10.6 Å². The van der Waals surface area contributed by atoms with Gasteiger partial charge in [0.2, 0.25) is 0 Å². The highest BCUT2D eigenvalue weighted by Gasteiger charge is 2.14. The molecule has 0 amide bonds. The highest BCUT2D eigenvalue weighted by atomic mass is 16.5. The van der Waals surface area contributed by atoms with Gasteiger partial charge in [-0.3, -0.25) is 4.98 Å². The van der Waals surface area contributed by atoms with Crippen LogP contribution in [0.25, 0.3) is 10.8 Å². The van der Waals surface area contributed by atoms with Crippen LogP contribution >= 0.6 is 0 Å². The van der Waals surface area contributed by atoms with Crippen molar-refractivity contribution in [3.63, 3.8) is 0 Å². The number of ether oxygens (including phenoxy) is 1. The first-order chi connectivity index (χ1) is 9.15. The summed E-state index contributed by atoms with van der Waals surface area (Å²) in [6, 6.07) is 6.37. The number of benzene rings is 1. The van der Waals surface area contributed by atoms with Crippen LogP contribution in [0.5, 0.6) is 0 Å². The van der Waals surface area contributed by atoms with E-state index in [2.05, 4.69) is 29.8 Å². The molecule has 0 bridgehead atoms. The molecule has 0 aliphatic heterocycles. The van der Waals surface area contributed by atoms with Gasteiger partial charge >= 0.3 is 0 Å². The van der Waals surface area contributed by atoms with E-state index in [9.17, 15) is 0 Å².